The Kier molecular flexibility index (Phi) is 4.01. The lowest BCUT2D eigenvalue weighted by molar-refractivity contribution is 0.0839. The summed E-state index contributed by atoms with van der Waals surface area (Å²) in [5, 5.41) is 4.64. The van der Waals surface area contributed by atoms with Crippen molar-refractivity contribution < 1.29 is 4.79 Å². The molecule has 1 saturated heterocycles. The molecule has 1 fully saturated rings. The van der Waals surface area contributed by atoms with Crippen molar-refractivity contribution in [3.63, 3.8) is 0 Å². The van der Waals surface area contributed by atoms with Gasteiger partial charge < -0.3 is 10.3 Å². The van der Waals surface area contributed by atoms with Crippen molar-refractivity contribution in [1.29, 1.82) is 0 Å². The second kappa shape index (κ2) is 6.54. The van der Waals surface area contributed by atoms with Crippen LogP contribution in [-0.4, -0.2) is 34.9 Å². The SMILES string of the molecule is Cc1cccc(C(=O)N[C@H]2CCN3CCc4c([nH]c5ccccc45)[C@@H]3C2)c1. The van der Waals surface area contributed by atoms with E-state index in [-0.39, 0.29) is 11.9 Å². The molecule has 0 spiro atoms. The summed E-state index contributed by atoms with van der Waals surface area (Å²) < 4.78 is 0. The van der Waals surface area contributed by atoms with Crippen LogP contribution in [0.25, 0.3) is 10.9 Å². The molecular formula is C23H25N3O. The summed E-state index contributed by atoms with van der Waals surface area (Å²) in [6, 6.07) is 17.0. The van der Waals surface area contributed by atoms with Crippen LogP contribution >= 0.6 is 0 Å². The number of carbonyl (C=O) groups is 1. The molecule has 2 aliphatic rings. The standard InChI is InChI=1S/C23H25N3O/c1-15-5-4-6-16(13-15)23(27)24-17-9-11-26-12-10-19-18-7-2-3-8-20(18)25-22(19)21(26)14-17/h2-8,13,17,21,25H,9-12,14H2,1H3,(H,24,27)/t17-,21-/m0/s1. The predicted octanol–water partition coefficient (Wildman–Crippen LogP) is 3.97. The Bertz CT molecular complexity index is 1010. The number of carbonyl (C=O) groups excluding carboxylic acids is 1. The van der Waals surface area contributed by atoms with Gasteiger partial charge in [0.2, 0.25) is 0 Å². The summed E-state index contributed by atoms with van der Waals surface area (Å²) in [6.07, 6.45) is 3.09. The molecular weight excluding hydrogens is 334 g/mol. The Balaban J connectivity index is 1.38. The summed E-state index contributed by atoms with van der Waals surface area (Å²) in [5.74, 6) is 0.0461. The van der Waals surface area contributed by atoms with Gasteiger partial charge in [-0.2, -0.15) is 0 Å². The summed E-state index contributed by atoms with van der Waals surface area (Å²) >= 11 is 0. The van der Waals surface area contributed by atoms with E-state index < -0.39 is 0 Å². The molecule has 2 N–H and O–H groups in total. The van der Waals surface area contributed by atoms with E-state index in [4.69, 9.17) is 0 Å². The average molecular weight is 359 g/mol. The molecule has 0 saturated carbocycles. The maximum Gasteiger partial charge on any atom is 0.251 e. The first-order valence-electron chi connectivity index (χ1n) is 9.90. The van der Waals surface area contributed by atoms with Crippen LogP contribution in [0.3, 0.4) is 0 Å². The first-order chi connectivity index (χ1) is 13.2. The van der Waals surface area contributed by atoms with E-state index in [1.54, 1.807) is 0 Å². The van der Waals surface area contributed by atoms with Crippen LogP contribution in [0.2, 0.25) is 0 Å². The predicted molar refractivity (Wildman–Crippen MR) is 108 cm³/mol. The third kappa shape index (κ3) is 2.94. The molecule has 5 rings (SSSR count). The third-order valence-corrected chi connectivity index (χ3v) is 6.16. The smallest absolute Gasteiger partial charge is 0.251 e. The minimum absolute atomic E-state index is 0.0461. The Morgan fingerprint density at radius 2 is 2.04 bits per heavy atom. The minimum Gasteiger partial charge on any atom is -0.357 e. The van der Waals surface area contributed by atoms with E-state index in [0.29, 0.717) is 6.04 Å². The molecule has 0 unspecified atom stereocenters. The number of nitrogens with zero attached hydrogens (tertiary/aromatic N) is 1. The summed E-state index contributed by atoms with van der Waals surface area (Å²) in [6.45, 7) is 4.17. The highest BCUT2D eigenvalue weighted by Crippen LogP contribution is 2.39. The van der Waals surface area contributed by atoms with E-state index in [0.717, 1.165) is 43.5 Å². The highest BCUT2D eigenvalue weighted by atomic mass is 16.1. The quantitative estimate of drug-likeness (QED) is 0.727. The van der Waals surface area contributed by atoms with Gasteiger partial charge in [-0.3, -0.25) is 9.69 Å². The van der Waals surface area contributed by atoms with Crippen LogP contribution in [-0.2, 0) is 6.42 Å². The number of piperidine rings is 1. The highest BCUT2D eigenvalue weighted by molar-refractivity contribution is 5.94. The van der Waals surface area contributed by atoms with Crippen molar-refractivity contribution in [2.45, 2.75) is 38.3 Å². The van der Waals surface area contributed by atoms with Gasteiger partial charge >= 0.3 is 0 Å². The number of aromatic nitrogens is 1. The van der Waals surface area contributed by atoms with Crippen molar-refractivity contribution in [2.24, 2.45) is 0 Å². The van der Waals surface area contributed by atoms with Gasteiger partial charge in [0.15, 0.2) is 0 Å². The lowest BCUT2D eigenvalue weighted by Crippen LogP contribution is -2.48. The lowest BCUT2D eigenvalue weighted by atomic mass is 9.88. The topological polar surface area (TPSA) is 48.1 Å². The fraction of sp³-hybridized carbons (Fsp3) is 0.348. The number of aryl methyl sites for hydroxylation is 1. The van der Waals surface area contributed by atoms with Crippen LogP contribution in [0.1, 0.15) is 46.1 Å². The first-order valence-corrected chi connectivity index (χ1v) is 9.90. The molecule has 1 aromatic heterocycles. The number of hydrogen-bond donors (Lipinski definition) is 2. The van der Waals surface area contributed by atoms with Gasteiger partial charge in [-0.25, -0.2) is 0 Å². The number of para-hydroxylation sites is 1. The normalized spacial score (nSPS) is 22.3. The Hall–Kier alpha value is -2.59. The van der Waals surface area contributed by atoms with Crippen molar-refractivity contribution in [2.75, 3.05) is 13.1 Å². The maximum absolute atomic E-state index is 12.7. The summed E-state index contributed by atoms with van der Waals surface area (Å²) in [7, 11) is 0. The average Bonchev–Trinajstić information content (AvgIpc) is 3.07. The zero-order valence-corrected chi connectivity index (χ0v) is 15.7. The summed E-state index contributed by atoms with van der Waals surface area (Å²) in [4.78, 5) is 18.9. The van der Waals surface area contributed by atoms with Crippen LogP contribution < -0.4 is 5.32 Å². The number of benzene rings is 2. The van der Waals surface area contributed by atoms with Crippen molar-refractivity contribution >= 4 is 16.8 Å². The van der Waals surface area contributed by atoms with Gasteiger partial charge in [-0.1, -0.05) is 35.9 Å². The van der Waals surface area contributed by atoms with E-state index in [1.165, 1.54) is 22.2 Å². The van der Waals surface area contributed by atoms with Crippen molar-refractivity contribution in [3.8, 4) is 0 Å². The van der Waals surface area contributed by atoms with Gasteiger partial charge in [0.25, 0.3) is 5.91 Å². The molecule has 4 nitrogen and oxygen atoms in total. The minimum atomic E-state index is 0.0461. The zero-order chi connectivity index (χ0) is 18.4. The molecule has 0 bridgehead atoms. The lowest BCUT2D eigenvalue weighted by Gasteiger charge is -2.42. The molecule has 1 amide bonds. The fourth-order valence-corrected chi connectivity index (χ4v) is 4.80. The largest absolute Gasteiger partial charge is 0.357 e. The molecule has 4 heteroatoms. The molecule has 2 aliphatic heterocycles. The second-order valence-corrected chi connectivity index (χ2v) is 7.93. The van der Waals surface area contributed by atoms with Crippen molar-refractivity contribution in [3.05, 3.63) is 70.9 Å². The highest BCUT2D eigenvalue weighted by Gasteiger charge is 2.35. The molecule has 2 atom stereocenters. The molecule has 2 aromatic carbocycles. The van der Waals surface area contributed by atoms with Gasteiger partial charge in [-0.05, 0) is 49.9 Å². The van der Waals surface area contributed by atoms with Gasteiger partial charge in [-0.15, -0.1) is 0 Å². The molecule has 3 aromatic rings. The number of aromatic amines is 1. The Morgan fingerprint density at radius 1 is 1.15 bits per heavy atom. The van der Waals surface area contributed by atoms with E-state index >= 15 is 0 Å². The van der Waals surface area contributed by atoms with Crippen LogP contribution in [0.4, 0.5) is 0 Å². The molecule has 0 radical (unpaired) electrons. The molecule has 3 heterocycles. The fourth-order valence-electron chi connectivity index (χ4n) is 4.80. The number of amides is 1. The number of hydrogen-bond acceptors (Lipinski definition) is 2. The van der Waals surface area contributed by atoms with E-state index in [9.17, 15) is 4.79 Å². The maximum atomic E-state index is 12.7. The van der Waals surface area contributed by atoms with Crippen LogP contribution in [0, 0.1) is 6.92 Å². The van der Waals surface area contributed by atoms with E-state index in [2.05, 4.69) is 39.5 Å². The number of fused-ring (bicyclic) bond motifs is 5. The summed E-state index contributed by atoms with van der Waals surface area (Å²) in [5.41, 5.74) is 5.93. The Labute approximate surface area is 159 Å². The third-order valence-electron chi connectivity index (χ3n) is 6.16. The van der Waals surface area contributed by atoms with Crippen LogP contribution in [0.5, 0.6) is 0 Å². The number of rotatable bonds is 2. The number of nitrogens with one attached hydrogen (secondary N) is 2. The molecule has 27 heavy (non-hydrogen) atoms. The molecule has 138 valence electrons. The zero-order valence-electron chi connectivity index (χ0n) is 15.7. The van der Waals surface area contributed by atoms with Gasteiger partial charge in [0.1, 0.15) is 0 Å². The number of H-pyrrole nitrogens is 1. The molecule has 0 aliphatic carbocycles. The first kappa shape index (κ1) is 16.6. The van der Waals surface area contributed by atoms with Gasteiger partial charge in [0, 0.05) is 41.3 Å². The monoisotopic (exact) mass is 359 g/mol. The van der Waals surface area contributed by atoms with E-state index in [1.807, 2.05) is 31.2 Å². The van der Waals surface area contributed by atoms with Gasteiger partial charge in [0.05, 0.1) is 6.04 Å². The second-order valence-electron chi connectivity index (χ2n) is 7.93. The Morgan fingerprint density at radius 3 is 2.93 bits per heavy atom. The van der Waals surface area contributed by atoms with Crippen molar-refractivity contribution in [1.82, 2.24) is 15.2 Å². The van der Waals surface area contributed by atoms with Crippen LogP contribution in [0.15, 0.2) is 48.5 Å².